The summed E-state index contributed by atoms with van der Waals surface area (Å²) in [5, 5.41) is 12.2. The Morgan fingerprint density at radius 1 is 1.53 bits per heavy atom. The van der Waals surface area contributed by atoms with Crippen molar-refractivity contribution in [3.8, 4) is 11.8 Å². The van der Waals surface area contributed by atoms with Gasteiger partial charge < -0.3 is 10.1 Å². The zero-order valence-electron chi connectivity index (χ0n) is 11.6. The van der Waals surface area contributed by atoms with Crippen molar-refractivity contribution in [2.45, 2.75) is 13.0 Å². The van der Waals surface area contributed by atoms with E-state index >= 15 is 0 Å². The third-order valence-corrected chi connectivity index (χ3v) is 3.66. The SMILES string of the molecule is CNCC1CCN(Cc2ccc(C#N)c(OC)c2)C1. The van der Waals surface area contributed by atoms with Gasteiger partial charge in [0, 0.05) is 13.1 Å². The first-order valence-electron chi connectivity index (χ1n) is 6.70. The molecule has 0 spiro atoms. The van der Waals surface area contributed by atoms with Crippen LogP contribution in [-0.4, -0.2) is 38.7 Å². The highest BCUT2D eigenvalue weighted by molar-refractivity contribution is 5.45. The number of methoxy groups -OCH3 is 1. The number of nitriles is 1. The van der Waals surface area contributed by atoms with Crippen molar-refractivity contribution in [3.05, 3.63) is 29.3 Å². The van der Waals surface area contributed by atoms with Crippen molar-refractivity contribution in [3.63, 3.8) is 0 Å². The molecule has 1 aromatic rings. The number of benzene rings is 1. The topological polar surface area (TPSA) is 48.3 Å². The van der Waals surface area contributed by atoms with Crippen molar-refractivity contribution < 1.29 is 4.74 Å². The minimum atomic E-state index is 0.598. The molecular formula is C15H21N3O. The molecule has 1 aliphatic heterocycles. The minimum Gasteiger partial charge on any atom is -0.495 e. The number of ether oxygens (including phenoxy) is 1. The standard InChI is InChI=1S/C15H21N3O/c1-17-9-13-5-6-18(11-13)10-12-3-4-14(8-16)15(7-12)19-2/h3-4,7,13,17H,5-6,9-11H2,1-2H3. The van der Waals surface area contributed by atoms with Crippen LogP contribution in [0.4, 0.5) is 0 Å². The maximum atomic E-state index is 8.97. The molecule has 19 heavy (non-hydrogen) atoms. The number of hydrogen-bond acceptors (Lipinski definition) is 4. The van der Waals surface area contributed by atoms with Crippen LogP contribution >= 0.6 is 0 Å². The van der Waals surface area contributed by atoms with Crippen LogP contribution in [0.25, 0.3) is 0 Å². The van der Waals surface area contributed by atoms with Crippen LogP contribution in [0.15, 0.2) is 18.2 Å². The van der Waals surface area contributed by atoms with E-state index in [4.69, 9.17) is 10.00 Å². The van der Waals surface area contributed by atoms with Crippen LogP contribution in [0.1, 0.15) is 17.5 Å². The van der Waals surface area contributed by atoms with Crippen LogP contribution < -0.4 is 10.1 Å². The molecule has 2 rings (SSSR count). The highest BCUT2D eigenvalue weighted by Crippen LogP contribution is 2.22. The lowest BCUT2D eigenvalue weighted by molar-refractivity contribution is 0.314. The van der Waals surface area contributed by atoms with Crippen molar-refractivity contribution in [1.29, 1.82) is 5.26 Å². The molecule has 1 aliphatic rings. The van der Waals surface area contributed by atoms with Crippen LogP contribution in [0.5, 0.6) is 5.75 Å². The van der Waals surface area contributed by atoms with Gasteiger partial charge in [0.05, 0.1) is 12.7 Å². The Hall–Kier alpha value is -1.57. The van der Waals surface area contributed by atoms with E-state index < -0.39 is 0 Å². The van der Waals surface area contributed by atoms with E-state index in [1.807, 2.05) is 25.2 Å². The number of hydrogen-bond donors (Lipinski definition) is 1. The van der Waals surface area contributed by atoms with E-state index in [0.29, 0.717) is 11.3 Å². The summed E-state index contributed by atoms with van der Waals surface area (Å²) in [6.07, 6.45) is 1.26. The monoisotopic (exact) mass is 259 g/mol. The second-order valence-corrected chi connectivity index (χ2v) is 5.09. The molecule has 1 aromatic carbocycles. The molecule has 0 aliphatic carbocycles. The average molecular weight is 259 g/mol. The van der Waals surface area contributed by atoms with E-state index in [2.05, 4.69) is 16.3 Å². The summed E-state index contributed by atoms with van der Waals surface area (Å²) in [6.45, 7) is 4.31. The number of rotatable bonds is 5. The summed E-state index contributed by atoms with van der Waals surface area (Å²) in [7, 11) is 3.62. The van der Waals surface area contributed by atoms with Gasteiger partial charge in [-0.15, -0.1) is 0 Å². The summed E-state index contributed by atoms with van der Waals surface area (Å²) in [6, 6.07) is 7.98. The Kier molecular flexibility index (Phi) is 4.78. The summed E-state index contributed by atoms with van der Waals surface area (Å²) >= 11 is 0. The van der Waals surface area contributed by atoms with Gasteiger partial charge in [-0.25, -0.2) is 0 Å². The molecule has 4 heteroatoms. The summed E-state index contributed by atoms with van der Waals surface area (Å²) in [5.74, 6) is 1.43. The van der Waals surface area contributed by atoms with Gasteiger partial charge in [0.15, 0.2) is 0 Å². The lowest BCUT2D eigenvalue weighted by atomic mass is 10.1. The van der Waals surface area contributed by atoms with Crippen molar-refractivity contribution in [2.75, 3.05) is 33.8 Å². The van der Waals surface area contributed by atoms with Gasteiger partial charge in [0.2, 0.25) is 0 Å². The van der Waals surface area contributed by atoms with E-state index in [1.54, 1.807) is 7.11 Å². The summed E-state index contributed by atoms with van der Waals surface area (Å²) in [5.41, 5.74) is 1.81. The first-order valence-corrected chi connectivity index (χ1v) is 6.70. The van der Waals surface area contributed by atoms with Gasteiger partial charge in [-0.1, -0.05) is 6.07 Å². The molecule has 4 nitrogen and oxygen atoms in total. The van der Waals surface area contributed by atoms with Gasteiger partial charge in [-0.3, -0.25) is 4.90 Å². The summed E-state index contributed by atoms with van der Waals surface area (Å²) < 4.78 is 5.25. The lowest BCUT2D eigenvalue weighted by Crippen LogP contribution is -2.24. The van der Waals surface area contributed by atoms with Crippen LogP contribution in [-0.2, 0) is 6.54 Å². The molecule has 1 saturated heterocycles. The second-order valence-electron chi connectivity index (χ2n) is 5.09. The molecule has 0 amide bonds. The molecule has 1 unspecified atom stereocenters. The predicted octanol–water partition coefficient (Wildman–Crippen LogP) is 1.61. The molecule has 0 radical (unpaired) electrons. The van der Waals surface area contributed by atoms with E-state index in [0.717, 1.165) is 32.1 Å². The Balaban J connectivity index is 1.99. The first-order chi connectivity index (χ1) is 9.26. The van der Waals surface area contributed by atoms with Gasteiger partial charge in [0.1, 0.15) is 11.8 Å². The molecular weight excluding hydrogens is 238 g/mol. The maximum Gasteiger partial charge on any atom is 0.136 e. The smallest absolute Gasteiger partial charge is 0.136 e. The largest absolute Gasteiger partial charge is 0.495 e. The highest BCUT2D eigenvalue weighted by Gasteiger charge is 2.21. The van der Waals surface area contributed by atoms with Gasteiger partial charge in [-0.2, -0.15) is 5.26 Å². The quantitative estimate of drug-likeness (QED) is 0.872. The molecule has 1 heterocycles. The van der Waals surface area contributed by atoms with E-state index in [9.17, 15) is 0 Å². The lowest BCUT2D eigenvalue weighted by Gasteiger charge is -2.16. The highest BCUT2D eigenvalue weighted by atomic mass is 16.5. The van der Waals surface area contributed by atoms with Crippen LogP contribution in [0.3, 0.4) is 0 Å². The molecule has 0 aromatic heterocycles. The van der Waals surface area contributed by atoms with E-state index in [-0.39, 0.29) is 0 Å². The number of nitrogens with zero attached hydrogens (tertiary/aromatic N) is 2. The van der Waals surface area contributed by atoms with Gasteiger partial charge >= 0.3 is 0 Å². The van der Waals surface area contributed by atoms with Crippen LogP contribution in [0, 0.1) is 17.2 Å². The number of nitrogens with one attached hydrogen (secondary N) is 1. The first kappa shape index (κ1) is 13.9. The Morgan fingerprint density at radius 2 is 2.37 bits per heavy atom. The molecule has 1 N–H and O–H groups in total. The molecule has 1 fully saturated rings. The third-order valence-electron chi connectivity index (χ3n) is 3.66. The van der Waals surface area contributed by atoms with E-state index in [1.165, 1.54) is 12.0 Å². The Labute approximate surface area is 115 Å². The Morgan fingerprint density at radius 3 is 3.05 bits per heavy atom. The van der Waals surface area contributed by atoms with Crippen molar-refractivity contribution in [2.24, 2.45) is 5.92 Å². The van der Waals surface area contributed by atoms with Crippen molar-refractivity contribution in [1.82, 2.24) is 10.2 Å². The zero-order valence-corrected chi connectivity index (χ0v) is 11.6. The molecule has 102 valence electrons. The van der Waals surface area contributed by atoms with Gasteiger partial charge in [-0.05, 0) is 50.2 Å². The molecule has 1 atom stereocenters. The van der Waals surface area contributed by atoms with Crippen molar-refractivity contribution >= 4 is 0 Å². The minimum absolute atomic E-state index is 0.598. The average Bonchev–Trinajstić information content (AvgIpc) is 2.86. The van der Waals surface area contributed by atoms with Gasteiger partial charge in [0.25, 0.3) is 0 Å². The predicted molar refractivity (Wildman–Crippen MR) is 75.0 cm³/mol. The molecule has 0 saturated carbocycles. The molecule has 0 bridgehead atoms. The zero-order chi connectivity index (χ0) is 13.7. The second kappa shape index (κ2) is 6.55. The fraction of sp³-hybridized carbons (Fsp3) is 0.533. The fourth-order valence-electron chi connectivity index (χ4n) is 2.70. The normalized spacial score (nSPS) is 19.3. The maximum absolute atomic E-state index is 8.97. The Bertz CT molecular complexity index is 467. The summed E-state index contributed by atoms with van der Waals surface area (Å²) in [4.78, 5) is 2.46. The van der Waals surface area contributed by atoms with Crippen LogP contribution in [0.2, 0.25) is 0 Å². The third kappa shape index (κ3) is 3.46. The number of likely N-dealkylation sites (tertiary alicyclic amines) is 1. The fourth-order valence-corrected chi connectivity index (χ4v) is 2.70.